The molecule has 28 heavy (non-hydrogen) atoms. The van der Waals surface area contributed by atoms with Crippen LogP contribution in [-0.2, 0) is 25.1 Å². The van der Waals surface area contributed by atoms with Crippen molar-refractivity contribution in [3.63, 3.8) is 0 Å². The second kappa shape index (κ2) is 7.13. The van der Waals surface area contributed by atoms with Gasteiger partial charge in [-0.2, -0.15) is 0 Å². The third-order valence-corrected chi connectivity index (χ3v) is 7.89. The third kappa shape index (κ3) is 2.92. The molecule has 0 amide bonds. The number of thiazole rings is 1. The van der Waals surface area contributed by atoms with E-state index in [1.807, 2.05) is 5.38 Å². The summed E-state index contributed by atoms with van der Waals surface area (Å²) in [6.45, 7) is 2.71. The zero-order valence-corrected chi connectivity index (χ0v) is 17.8. The molecule has 0 saturated carbocycles. The van der Waals surface area contributed by atoms with Crippen molar-refractivity contribution in [2.75, 3.05) is 0 Å². The summed E-state index contributed by atoms with van der Waals surface area (Å²) in [6, 6.07) is 1.56. The van der Waals surface area contributed by atoms with Crippen LogP contribution in [0.25, 0.3) is 15.2 Å². The molecule has 1 aliphatic rings. The fourth-order valence-electron chi connectivity index (χ4n) is 3.69. The molecular formula is C19H18N4O2S3. The highest BCUT2D eigenvalue weighted by Gasteiger charge is 2.23. The number of hydrogen-bond acceptors (Lipinski definition) is 7. The van der Waals surface area contributed by atoms with Gasteiger partial charge in [0.25, 0.3) is 11.1 Å². The number of hydrogen-bond donors (Lipinski definition) is 0. The van der Waals surface area contributed by atoms with Gasteiger partial charge in [-0.1, -0.05) is 18.7 Å². The van der Waals surface area contributed by atoms with Crippen molar-refractivity contribution in [1.29, 1.82) is 0 Å². The van der Waals surface area contributed by atoms with Crippen LogP contribution in [0, 0.1) is 0 Å². The zero-order valence-electron chi connectivity index (χ0n) is 15.3. The molecule has 4 heterocycles. The number of nitrogens with zero attached hydrogens (tertiary/aromatic N) is 4. The van der Waals surface area contributed by atoms with E-state index in [1.165, 1.54) is 33.5 Å². The van der Waals surface area contributed by atoms with E-state index >= 15 is 0 Å². The lowest BCUT2D eigenvalue weighted by Crippen LogP contribution is -2.23. The molecule has 144 valence electrons. The largest absolute Gasteiger partial charge is 0.287 e. The molecule has 0 N–H and O–H groups in total. The summed E-state index contributed by atoms with van der Waals surface area (Å²) in [5.74, 6) is 0.510. The minimum atomic E-state index is -0.0779. The normalized spacial score (nSPS) is 13.6. The molecule has 1 aliphatic carbocycles. The van der Waals surface area contributed by atoms with E-state index in [9.17, 15) is 9.59 Å². The molecular weight excluding hydrogens is 412 g/mol. The van der Waals surface area contributed by atoms with Gasteiger partial charge in [0.15, 0.2) is 10.1 Å². The number of thiophene rings is 1. The van der Waals surface area contributed by atoms with Crippen LogP contribution >= 0.6 is 34.4 Å². The lowest BCUT2D eigenvalue weighted by Gasteiger charge is -2.11. The van der Waals surface area contributed by atoms with E-state index in [0.717, 1.165) is 35.9 Å². The van der Waals surface area contributed by atoms with E-state index in [1.54, 1.807) is 32.6 Å². The summed E-state index contributed by atoms with van der Waals surface area (Å²) in [5.41, 5.74) is 1.93. The molecule has 4 aromatic heterocycles. The van der Waals surface area contributed by atoms with Crippen molar-refractivity contribution in [1.82, 2.24) is 18.9 Å². The Morgan fingerprint density at radius 1 is 1.25 bits per heavy atom. The molecule has 6 nitrogen and oxygen atoms in total. The molecule has 0 radical (unpaired) electrons. The highest BCUT2D eigenvalue weighted by Crippen LogP contribution is 2.35. The van der Waals surface area contributed by atoms with Crippen LogP contribution < -0.4 is 11.1 Å². The Labute approximate surface area is 172 Å². The van der Waals surface area contributed by atoms with Crippen LogP contribution in [0.3, 0.4) is 0 Å². The fourth-order valence-corrected chi connectivity index (χ4v) is 6.65. The van der Waals surface area contributed by atoms with Crippen molar-refractivity contribution >= 4 is 49.6 Å². The van der Waals surface area contributed by atoms with Crippen LogP contribution in [-0.4, -0.2) is 18.9 Å². The van der Waals surface area contributed by atoms with Crippen LogP contribution in [0.1, 0.15) is 35.9 Å². The molecule has 0 fully saturated rings. The summed E-state index contributed by atoms with van der Waals surface area (Å²) in [4.78, 5) is 37.7. The van der Waals surface area contributed by atoms with Crippen molar-refractivity contribution in [2.24, 2.45) is 0 Å². The number of fused-ring (bicyclic) bond motifs is 4. The highest BCUT2D eigenvalue weighted by molar-refractivity contribution is 7.98. The van der Waals surface area contributed by atoms with Gasteiger partial charge < -0.3 is 0 Å². The summed E-state index contributed by atoms with van der Waals surface area (Å²) in [6.07, 6.45) is 5.78. The monoisotopic (exact) mass is 430 g/mol. The topological polar surface area (TPSA) is 69.3 Å². The third-order valence-electron chi connectivity index (χ3n) is 4.94. The molecule has 0 unspecified atom stereocenters. The van der Waals surface area contributed by atoms with E-state index < -0.39 is 0 Å². The first kappa shape index (κ1) is 18.1. The molecule has 5 rings (SSSR count). The minimum absolute atomic E-state index is 0.0779. The lowest BCUT2D eigenvalue weighted by molar-refractivity contribution is 0.585. The van der Waals surface area contributed by atoms with E-state index in [2.05, 4.69) is 11.9 Å². The maximum atomic E-state index is 13.2. The molecule has 0 aromatic carbocycles. The van der Waals surface area contributed by atoms with E-state index in [0.29, 0.717) is 28.1 Å². The molecule has 9 heteroatoms. The quantitative estimate of drug-likeness (QED) is 0.357. The Bertz CT molecular complexity index is 1310. The van der Waals surface area contributed by atoms with Gasteiger partial charge >= 0.3 is 0 Å². The van der Waals surface area contributed by atoms with E-state index in [-0.39, 0.29) is 11.1 Å². The summed E-state index contributed by atoms with van der Waals surface area (Å²) < 4.78 is 3.35. The lowest BCUT2D eigenvalue weighted by atomic mass is 10.2. The predicted molar refractivity (Wildman–Crippen MR) is 115 cm³/mol. The molecule has 0 aliphatic heterocycles. The standard InChI is InChI=1S/C19H18N4O2S3/c1-2-6-23-17(25)15-12-4-3-5-13(12)28-16(15)21-19(23)27-10-11-9-14(24)22-7-8-26-18(22)20-11/h7-9H,2-6,10H2,1H3. The predicted octanol–water partition coefficient (Wildman–Crippen LogP) is 3.72. The Morgan fingerprint density at radius 3 is 3.00 bits per heavy atom. The van der Waals surface area contributed by atoms with Gasteiger partial charge in [-0.25, -0.2) is 9.97 Å². The highest BCUT2D eigenvalue weighted by atomic mass is 32.2. The average Bonchev–Trinajstić information content (AvgIpc) is 3.38. The minimum Gasteiger partial charge on any atom is -0.287 e. The first-order valence-electron chi connectivity index (χ1n) is 9.29. The van der Waals surface area contributed by atoms with Gasteiger partial charge in [-0.3, -0.25) is 18.6 Å². The fraction of sp³-hybridized carbons (Fsp3) is 0.368. The average molecular weight is 431 g/mol. The Morgan fingerprint density at radius 2 is 2.14 bits per heavy atom. The first-order chi connectivity index (χ1) is 13.7. The van der Waals surface area contributed by atoms with Crippen LogP contribution in [0.4, 0.5) is 0 Å². The number of aromatic nitrogens is 4. The summed E-state index contributed by atoms with van der Waals surface area (Å²) in [5, 5.41) is 3.39. The van der Waals surface area contributed by atoms with Crippen molar-refractivity contribution in [3.05, 3.63) is 54.5 Å². The second-order valence-electron chi connectivity index (χ2n) is 6.82. The van der Waals surface area contributed by atoms with E-state index in [4.69, 9.17) is 4.98 Å². The summed E-state index contributed by atoms with van der Waals surface area (Å²) in [7, 11) is 0. The number of rotatable bonds is 5. The Kier molecular flexibility index (Phi) is 4.60. The zero-order chi connectivity index (χ0) is 19.3. The summed E-state index contributed by atoms with van der Waals surface area (Å²) >= 11 is 4.59. The Balaban J connectivity index is 1.54. The van der Waals surface area contributed by atoms with Gasteiger partial charge in [0.2, 0.25) is 0 Å². The van der Waals surface area contributed by atoms with Gasteiger partial charge in [0.1, 0.15) is 4.83 Å². The molecule has 0 saturated heterocycles. The Hall–Kier alpha value is -1.97. The molecule has 4 aromatic rings. The van der Waals surface area contributed by atoms with Crippen molar-refractivity contribution in [2.45, 2.75) is 50.1 Å². The molecule has 0 bridgehead atoms. The van der Waals surface area contributed by atoms with Crippen LogP contribution in [0.15, 0.2) is 32.4 Å². The first-order valence-corrected chi connectivity index (χ1v) is 12.0. The molecule has 0 spiro atoms. The number of aryl methyl sites for hydroxylation is 2. The number of thioether (sulfide) groups is 1. The van der Waals surface area contributed by atoms with Gasteiger partial charge in [-0.15, -0.1) is 22.7 Å². The van der Waals surface area contributed by atoms with Crippen LogP contribution in [0.5, 0.6) is 0 Å². The maximum Gasteiger partial charge on any atom is 0.263 e. The van der Waals surface area contributed by atoms with Crippen molar-refractivity contribution in [3.8, 4) is 0 Å². The SMILES string of the molecule is CCCn1c(SCc2cc(=O)n3ccsc3n2)nc2sc3c(c2c1=O)CCC3. The van der Waals surface area contributed by atoms with Crippen LogP contribution in [0.2, 0.25) is 0 Å². The smallest absolute Gasteiger partial charge is 0.263 e. The maximum absolute atomic E-state index is 13.2. The molecule has 0 atom stereocenters. The van der Waals surface area contributed by atoms with Gasteiger partial charge in [0.05, 0.1) is 11.1 Å². The second-order valence-corrected chi connectivity index (χ2v) is 9.72. The van der Waals surface area contributed by atoms with Crippen molar-refractivity contribution < 1.29 is 0 Å². The van der Waals surface area contributed by atoms with Gasteiger partial charge in [0, 0.05) is 34.8 Å². The van der Waals surface area contributed by atoms with Gasteiger partial charge in [-0.05, 0) is 31.2 Å².